The number of rotatable bonds is 2. The molecule has 3 nitrogen and oxygen atoms in total. The Kier molecular flexibility index (Phi) is 2.14. The van der Waals surface area contributed by atoms with Crippen molar-refractivity contribution in [1.29, 1.82) is 0 Å². The molecular formula is C11H10N2O. The van der Waals surface area contributed by atoms with Crippen LogP contribution in [0.15, 0.2) is 36.5 Å². The van der Waals surface area contributed by atoms with Crippen molar-refractivity contribution in [2.24, 2.45) is 5.73 Å². The molecule has 2 rings (SSSR count). The van der Waals surface area contributed by atoms with Crippen molar-refractivity contribution in [2.75, 3.05) is 0 Å². The number of amides is 1. The highest BCUT2D eigenvalue weighted by molar-refractivity contribution is 5.86. The predicted molar refractivity (Wildman–Crippen MR) is 54.6 cm³/mol. The zero-order valence-electron chi connectivity index (χ0n) is 7.60. The average molecular weight is 186 g/mol. The zero-order chi connectivity index (χ0) is 9.97. The number of carbonyl (C=O) groups is 1. The molecule has 0 radical (unpaired) electrons. The normalized spacial score (nSPS) is 10.3. The minimum Gasteiger partial charge on any atom is -0.369 e. The SMILES string of the molecule is NC(=O)Cc1cccc2cccnc12. The van der Waals surface area contributed by atoms with Crippen molar-refractivity contribution >= 4 is 16.8 Å². The van der Waals surface area contributed by atoms with Crippen molar-refractivity contribution in [3.05, 3.63) is 42.1 Å². The number of nitrogens with two attached hydrogens (primary N) is 1. The van der Waals surface area contributed by atoms with Crippen LogP contribution in [0.1, 0.15) is 5.56 Å². The first kappa shape index (κ1) is 8.69. The molecule has 14 heavy (non-hydrogen) atoms. The number of carbonyl (C=O) groups excluding carboxylic acids is 1. The predicted octanol–water partition coefficient (Wildman–Crippen LogP) is 1.26. The van der Waals surface area contributed by atoms with Gasteiger partial charge in [-0.1, -0.05) is 24.3 Å². The molecule has 2 N–H and O–H groups in total. The van der Waals surface area contributed by atoms with Crippen LogP contribution in [0.25, 0.3) is 10.9 Å². The second kappa shape index (κ2) is 3.46. The van der Waals surface area contributed by atoms with Gasteiger partial charge in [-0.05, 0) is 11.6 Å². The summed E-state index contributed by atoms with van der Waals surface area (Å²) in [6.07, 6.45) is 1.96. The van der Waals surface area contributed by atoms with Crippen LogP contribution in [-0.2, 0) is 11.2 Å². The molecule has 0 aliphatic heterocycles. The molecule has 0 bridgehead atoms. The van der Waals surface area contributed by atoms with Crippen molar-refractivity contribution in [3.8, 4) is 0 Å². The van der Waals surface area contributed by atoms with Gasteiger partial charge in [0.2, 0.25) is 5.91 Å². The second-order valence-electron chi connectivity index (χ2n) is 3.14. The van der Waals surface area contributed by atoms with Gasteiger partial charge in [0.05, 0.1) is 11.9 Å². The van der Waals surface area contributed by atoms with E-state index in [9.17, 15) is 4.79 Å². The molecule has 0 saturated heterocycles. The number of hydrogen-bond donors (Lipinski definition) is 1. The Morgan fingerprint density at radius 1 is 1.29 bits per heavy atom. The lowest BCUT2D eigenvalue weighted by molar-refractivity contribution is -0.117. The zero-order valence-corrected chi connectivity index (χ0v) is 7.60. The molecule has 0 fully saturated rings. The van der Waals surface area contributed by atoms with Gasteiger partial charge in [0.15, 0.2) is 0 Å². The van der Waals surface area contributed by atoms with Crippen molar-refractivity contribution < 1.29 is 4.79 Å². The van der Waals surface area contributed by atoms with Crippen LogP contribution in [0.4, 0.5) is 0 Å². The lowest BCUT2D eigenvalue weighted by atomic mass is 10.1. The molecule has 1 aromatic carbocycles. The van der Waals surface area contributed by atoms with Crippen molar-refractivity contribution in [2.45, 2.75) is 6.42 Å². The van der Waals surface area contributed by atoms with Gasteiger partial charge < -0.3 is 5.73 Å². The molecule has 0 saturated carbocycles. The highest BCUT2D eigenvalue weighted by atomic mass is 16.1. The lowest BCUT2D eigenvalue weighted by Crippen LogP contribution is -2.13. The van der Waals surface area contributed by atoms with E-state index >= 15 is 0 Å². The standard InChI is InChI=1S/C11H10N2O/c12-10(14)7-9-4-1-3-8-5-2-6-13-11(8)9/h1-6H,7H2,(H2,12,14). The van der Waals surface area contributed by atoms with Crippen molar-refractivity contribution in [3.63, 3.8) is 0 Å². The number of para-hydroxylation sites is 1. The van der Waals surface area contributed by atoms with Crippen LogP contribution in [-0.4, -0.2) is 10.9 Å². The maximum absolute atomic E-state index is 10.8. The number of nitrogens with zero attached hydrogens (tertiary/aromatic N) is 1. The first-order chi connectivity index (χ1) is 6.77. The Labute approximate surface area is 81.6 Å². The summed E-state index contributed by atoms with van der Waals surface area (Å²) in [5.41, 5.74) is 6.89. The summed E-state index contributed by atoms with van der Waals surface area (Å²) in [7, 11) is 0. The van der Waals surface area contributed by atoms with Gasteiger partial charge >= 0.3 is 0 Å². The minimum atomic E-state index is -0.330. The van der Waals surface area contributed by atoms with Gasteiger partial charge in [-0.2, -0.15) is 0 Å². The van der Waals surface area contributed by atoms with E-state index in [0.717, 1.165) is 16.5 Å². The summed E-state index contributed by atoms with van der Waals surface area (Å²) in [6, 6.07) is 9.58. The lowest BCUT2D eigenvalue weighted by Gasteiger charge is -2.02. The van der Waals surface area contributed by atoms with Crippen LogP contribution < -0.4 is 5.73 Å². The first-order valence-corrected chi connectivity index (χ1v) is 4.38. The van der Waals surface area contributed by atoms with Gasteiger partial charge in [-0.15, -0.1) is 0 Å². The second-order valence-corrected chi connectivity index (χ2v) is 3.14. The van der Waals surface area contributed by atoms with E-state index in [0.29, 0.717) is 0 Å². The van der Waals surface area contributed by atoms with E-state index in [1.54, 1.807) is 6.20 Å². The molecule has 3 heteroatoms. The van der Waals surface area contributed by atoms with Crippen LogP contribution in [0.5, 0.6) is 0 Å². The van der Waals surface area contributed by atoms with Gasteiger partial charge in [-0.3, -0.25) is 9.78 Å². The molecule has 0 aliphatic carbocycles. The number of benzene rings is 1. The summed E-state index contributed by atoms with van der Waals surface area (Å²) in [4.78, 5) is 15.0. The third-order valence-corrected chi connectivity index (χ3v) is 2.08. The van der Waals surface area contributed by atoms with E-state index in [-0.39, 0.29) is 12.3 Å². The molecule has 0 unspecified atom stereocenters. The maximum atomic E-state index is 10.8. The molecule has 1 heterocycles. The topological polar surface area (TPSA) is 56.0 Å². The Hall–Kier alpha value is -1.90. The van der Waals surface area contributed by atoms with Gasteiger partial charge in [0.1, 0.15) is 0 Å². The van der Waals surface area contributed by atoms with Crippen LogP contribution in [0.2, 0.25) is 0 Å². The summed E-state index contributed by atoms with van der Waals surface area (Å²) in [6.45, 7) is 0. The Morgan fingerprint density at radius 2 is 2.07 bits per heavy atom. The number of aromatic nitrogens is 1. The van der Waals surface area contributed by atoms with E-state index in [2.05, 4.69) is 4.98 Å². The fourth-order valence-electron chi connectivity index (χ4n) is 1.50. The molecule has 0 aliphatic rings. The maximum Gasteiger partial charge on any atom is 0.221 e. The summed E-state index contributed by atoms with van der Waals surface area (Å²) in [5, 5.41) is 1.03. The quantitative estimate of drug-likeness (QED) is 0.767. The fraction of sp³-hybridized carbons (Fsp3) is 0.0909. The number of pyridine rings is 1. The Morgan fingerprint density at radius 3 is 2.86 bits per heavy atom. The molecule has 1 aromatic heterocycles. The van der Waals surface area contributed by atoms with E-state index in [4.69, 9.17) is 5.73 Å². The monoisotopic (exact) mass is 186 g/mol. The fourth-order valence-corrected chi connectivity index (χ4v) is 1.50. The highest BCUT2D eigenvalue weighted by Gasteiger charge is 2.03. The summed E-state index contributed by atoms with van der Waals surface area (Å²) < 4.78 is 0. The van der Waals surface area contributed by atoms with Gasteiger partial charge in [0.25, 0.3) is 0 Å². The molecule has 0 spiro atoms. The van der Waals surface area contributed by atoms with Gasteiger partial charge in [0, 0.05) is 11.6 Å². The number of hydrogen-bond acceptors (Lipinski definition) is 2. The third-order valence-electron chi connectivity index (χ3n) is 2.08. The van der Waals surface area contributed by atoms with Crippen LogP contribution in [0, 0.1) is 0 Å². The molecular weight excluding hydrogens is 176 g/mol. The Balaban J connectivity index is 2.59. The van der Waals surface area contributed by atoms with E-state index < -0.39 is 0 Å². The molecule has 0 atom stereocenters. The molecule has 1 amide bonds. The third kappa shape index (κ3) is 1.57. The number of primary amides is 1. The summed E-state index contributed by atoms with van der Waals surface area (Å²) in [5.74, 6) is -0.330. The van der Waals surface area contributed by atoms with E-state index in [1.165, 1.54) is 0 Å². The van der Waals surface area contributed by atoms with Crippen LogP contribution in [0.3, 0.4) is 0 Å². The molecule has 70 valence electrons. The average Bonchev–Trinajstić information content (AvgIpc) is 2.18. The van der Waals surface area contributed by atoms with Gasteiger partial charge in [-0.25, -0.2) is 0 Å². The van der Waals surface area contributed by atoms with Crippen LogP contribution >= 0.6 is 0 Å². The largest absolute Gasteiger partial charge is 0.369 e. The summed E-state index contributed by atoms with van der Waals surface area (Å²) >= 11 is 0. The molecule has 2 aromatic rings. The minimum absolute atomic E-state index is 0.244. The first-order valence-electron chi connectivity index (χ1n) is 4.38. The van der Waals surface area contributed by atoms with E-state index in [1.807, 2.05) is 30.3 Å². The van der Waals surface area contributed by atoms with Crippen molar-refractivity contribution in [1.82, 2.24) is 4.98 Å². The smallest absolute Gasteiger partial charge is 0.221 e. The number of fused-ring (bicyclic) bond motifs is 1. The highest BCUT2D eigenvalue weighted by Crippen LogP contribution is 2.15. The Bertz CT molecular complexity index is 474.